The molecule has 86 valence electrons. The Hall–Kier alpha value is -1.16. The van der Waals surface area contributed by atoms with E-state index in [0.717, 1.165) is 24.9 Å². The van der Waals surface area contributed by atoms with Gasteiger partial charge in [0.25, 0.3) is 0 Å². The molecule has 1 aromatic heterocycles. The summed E-state index contributed by atoms with van der Waals surface area (Å²) in [6.45, 7) is 4.55. The summed E-state index contributed by atoms with van der Waals surface area (Å²) in [7, 11) is 0. The van der Waals surface area contributed by atoms with Crippen molar-refractivity contribution in [1.29, 1.82) is 0 Å². The van der Waals surface area contributed by atoms with Crippen molar-refractivity contribution < 1.29 is 0 Å². The summed E-state index contributed by atoms with van der Waals surface area (Å²) in [6.07, 6.45) is 5.97. The Morgan fingerprint density at radius 2 is 1.94 bits per heavy atom. The second-order valence-corrected chi connectivity index (χ2v) is 4.69. The lowest BCUT2D eigenvalue weighted by Crippen LogP contribution is -2.52. The highest BCUT2D eigenvalue weighted by molar-refractivity contribution is 5.36. The summed E-state index contributed by atoms with van der Waals surface area (Å²) in [6, 6.07) is 4.89. The Balaban J connectivity index is 1.58. The molecule has 2 aliphatic rings. The van der Waals surface area contributed by atoms with Gasteiger partial charge in [0, 0.05) is 38.4 Å². The molecule has 0 unspecified atom stereocenters. The fourth-order valence-corrected chi connectivity index (χ4v) is 2.53. The van der Waals surface area contributed by atoms with Crippen LogP contribution in [0.3, 0.4) is 0 Å². The van der Waals surface area contributed by atoms with Crippen molar-refractivity contribution in [2.45, 2.75) is 25.3 Å². The van der Waals surface area contributed by atoms with Crippen molar-refractivity contribution in [2.24, 2.45) is 0 Å². The molecule has 0 radical (unpaired) electrons. The predicted molar refractivity (Wildman–Crippen MR) is 63.5 cm³/mol. The third kappa shape index (κ3) is 1.89. The number of hydrogen-bond acceptors (Lipinski definition) is 4. The van der Waals surface area contributed by atoms with E-state index in [1.165, 1.54) is 32.4 Å². The van der Waals surface area contributed by atoms with Gasteiger partial charge in [0.2, 0.25) is 0 Å². The molecule has 4 heteroatoms. The molecule has 3 rings (SSSR count). The maximum atomic E-state index is 4.16. The summed E-state index contributed by atoms with van der Waals surface area (Å²) >= 11 is 0. The Labute approximate surface area is 96.3 Å². The quantitative estimate of drug-likeness (QED) is 0.745. The van der Waals surface area contributed by atoms with E-state index in [4.69, 9.17) is 0 Å². The van der Waals surface area contributed by atoms with Crippen molar-refractivity contribution in [3.63, 3.8) is 0 Å². The van der Waals surface area contributed by atoms with Crippen molar-refractivity contribution in [3.05, 3.63) is 18.3 Å². The van der Waals surface area contributed by atoms with Gasteiger partial charge in [-0.15, -0.1) is 5.10 Å². The summed E-state index contributed by atoms with van der Waals surface area (Å²) in [5.41, 5.74) is 0. The van der Waals surface area contributed by atoms with Crippen LogP contribution < -0.4 is 4.90 Å². The number of aromatic nitrogens is 2. The molecule has 1 saturated carbocycles. The maximum Gasteiger partial charge on any atom is 0.151 e. The minimum absolute atomic E-state index is 0.879. The molecule has 0 N–H and O–H groups in total. The summed E-state index contributed by atoms with van der Waals surface area (Å²) in [4.78, 5) is 4.97. The first kappa shape index (κ1) is 10.0. The minimum atomic E-state index is 0.879. The van der Waals surface area contributed by atoms with Crippen LogP contribution in [0, 0.1) is 0 Å². The van der Waals surface area contributed by atoms with Crippen LogP contribution in [0.1, 0.15) is 19.3 Å². The molecule has 0 spiro atoms. The zero-order chi connectivity index (χ0) is 10.8. The van der Waals surface area contributed by atoms with E-state index in [9.17, 15) is 0 Å². The lowest BCUT2D eigenvalue weighted by Gasteiger charge is -2.43. The van der Waals surface area contributed by atoms with Gasteiger partial charge in [-0.1, -0.05) is 6.42 Å². The smallest absolute Gasteiger partial charge is 0.151 e. The topological polar surface area (TPSA) is 32.3 Å². The predicted octanol–water partition coefficient (Wildman–Crippen LogP) is 1.15. The van der Waals surface area contributed by atoms with E-state index in [1.54, 1.807) is 6.20 Å². The Bertz CT molecular complexity index is 328. The van der Waals surface area contributed by atoms with Gasteiger partial charge in [-0.25, -0.2) is 0 Å². The average molecular weight is 218 g/mol. The lowest BCUT2D eigenvalue weighted by molar-refractivity contribution is 0.120. The first-order valence-electron chi connectivity index (χ1n) is 6.20. The summed E-state index contributed by atoms with van der Waals surface area (Å²) < 4.78 is 0. The fraction of sp³-hybridized carbons (Fsp3) is 0.667. The van der Waals surface area contributed by atoms with Gasteiger partial charge in [0.05, 0.1) is 0 Å². The van der Waals surface area contributed by atoms with Crippen LogP contribution in [0.25, 0.3) is 0 Å². The zero-order valence-electron chi connectivity index (χ0n) is 9.55. The van der Waals surface area contributed by atoms with Gasteiger partial charge < -0.3 is 4.90 Å². The van der Waals surface area contributed by atoms with E-state index in [0.29, 0.717) is 0 Å². The number of rotatable bonds is 2. The van der Waals surface area contributed by atoms with Crippen molar-refractivity contribution >= 4 is 5.82 Å². The standard InChI is InChI=1S/C12H18N4/c1-3-11(4-1)15-7-9-16(10-8-15)12-5-2-6-13-14-12/h2,5-6,11H,1,3-4,7-10H2. The third-order valence-corrected chi connectivity index (χ3v) is 3.79. The van der Waals surface area contributed by atoms with Crippen molar-refractivity contribution in [1.82, 2.24) is 15.1 Å². The average Bonchev–Trinajstić information content (AvgIpc) is 2.29. The van der Waals surface area contributed by atoms with E-state index < -0.39 is 0 Å². The van der Waals surface area contributed by atoms with Crippen molar-refractivity contribution in [2.75, 3.05) is 31.1 Å². The Morgan fingerprint density at radius 1 is 1.12 bits per heavy atom. The third-order valence-electron chi connectivity index (χ3n) is 3.79. The van der Waals surface area contributed by atoms with Gasteiger partial charge in [-0.3, -0.25) is 4.90 Å². The highest BCUT2D eigenvalue weighted by Gasteiger charge is 2.28. The van der Waals surface area contributed by atoms with Crippen LogP contribution in [0.4, 0.5) is 5.82 Å². The minimum Gasteiger partial charge on any atom is -0.353 e. The molecule has 16 heavy (non-hydrogen) atoms. The molecule has 2 heterocycles. The summed E-state index contributed by atoms with van der Waals surface area (Å²) in [5.74, 6) is 1.02. The van der Waals surface area contributed by atoms with Crippen LogP contribution in [0.15, 0.2) is 18.3 Å². The van der Waals surface area contributed by atoms with Gasteiger partial charge in [-0.05, 0) is 25.0 Å². The first-order valence-corrected chi connectivity index (χ1v) is 6.20. The molecular formula is C12H18N4. The second-order valence-electron chi connectivity index (χ2n) is 4.69. The SMILES string of the molecule is c1cnnc(N2CCN(C3CCC3)CC2)c1. The van der Waals surface area contributed by atoms with Crippen LogP contribution in [-0.2, 0) is 0 Å². The molecule has 2 fully saturated rings. The molecule has 0 aromatic carbocycles. The van der Waals surface area contributed by atoms with Crippen LogP contribution in [0.2, 0.25) is 0 Å². The number of piperazine rings is 1. The Kier molecular flexibility index (Phi) is 2.74. The molecule has 0 atom stereocenters. The number of nitrogens with zero attached hydrogens (tertiary/aromatic N) is 4. The Morgan fingerprint density at radius 3 is 2.50 bits per heavy atom. The van der Waals surface area contributed by atoms with E-state index in [1.807, 2.05) is 12.1 Å². The van der Waals surface area contributed by atoms with E-state index in [-0.39, 0.29) is 0 Å². The number of anilines is 1. The van der Waals surface area contributed by atoms with E-state index in [2.05, 4.69) is 20.0 Å². The molecule has 1 aliphatic carbocycles. The lowest BCUT2D eigenvalue weighted by atomic mass is 9.91. The van der Waals surface area contributed by atoms with Crippen LogP contribution in [0.5, 0.6) is 0 Å². The van der Waals surface area contributed by atoms with Crippen LogP contribution >= 0.6 is 0 Å². The molecule has 1 saturated heterocycles. The molecular weight excluding hydrogens is 200 g/mol. The normalized spacial score (nSPS) is 23.1. The van der Waals surface area contributed by atoms with Gasteiger partial charge in [0.15, 0.2) is 5.82 Å². The highest BCUT2D eigenvalue weighted by Crippen LogP contribution is 2.26. The fourth-order valence-electron chi connectivity index (χ4n) is 2.53. The van der Waals surface area contributed by atoms with Gasteiger partial charge in [-0.2, -0.15) is 5.10 Å². The monoisotopic (exact) mass is 218 g/mol. The highest BCUT2D eigenvalue weighted by atomic mass is 15.3. The number of hydrogen-bond donors (Lipinski definition) is 0. The zero-order valence-corrected chi connectivity index (χ0v) is 9.55. The van der Waals surface area contributed by atoms with Gasteiger partial charge >= 0.3 is 0 Å². The van der Waals surface area contributed by atoms with Crippen molar-refractivity contribution in [3.8, 4) is 0 Å². The maximum absolute atomic E-state index is 4.16. The molecule has 1 aromatic rings. The van der Waals surface area contributed by atoms with Gasteiger partial charge in [0.1, 0.15) is 0 Å². The molecule has 0 amide bonds. The molecule has 1 aliphatic heterocycles. The van der Waals surface area contributed by atoms with Crippen LogP contribution in [-0.4, -0.2) is 47.3 Å². The largest absolute Gasteiger partial charge is 0.353 e. The van der Waals surface area contributed by atoms with E-state index >= 15 is 0 Å². The molecule has 4 nitrogen and oxygen atoms in total. The second kappa shape index (κ2) is 4.37. The molecule has 0 bridgehead atoms. The summed E-state index contributed by atoms with van der Waals surface area (Å²) in [5, 5.41) is 8.10. The first-order chi connectivity index (χ1) is 7.93.